The normalized spacial score (nSPS) is 12.2. The van der Waals surface area contributed by atoms with Crippen LogP contribution < -0.4 is 5.56 Å². The van der Waals surface area contributed by atoms with Gasteiger partial charge in [0.2, 0.25) is 0 Å². The first-order valence-corrected chi connectivity index (χ1v) is 10.6. The van der Waals surface area contributed by atoms with Gasteiger partial charge in [0, 0.05) is 32.7 Å². The van der Waals surface area contributed by atoms with E-state index in [2.05, 4.69) is 31.0 Å². The van der Waals surface area contributed by atoms with Crippen molar-refractivity contribution in [2.45, 2.75) is 6.18 Å². The molecule has 0 unspecified atom stereocenters. The summed E-state index contributed by atoms with van der Waals surface area (Å²) < 4.78 is 41.8. The summed E-state index contributed by atoms with van der Waals surface area (Å²) >= 11 is 3.44. The van der Waals surface area contributed by atoms with Crippen LogP contribution in [0, 0.1) is 0 Å². The Morgan fingerprint density at radius 3 is 2.64 bits per heavy atom. The predicted octanol–water partition coefficient (Wildman–Crippen LogP) is 6.21. The van der Waals surface area contributed by atoms with Crippen molar-refractivity contribution in [1.29, 1.82) is 0 Å². The van der Waals surface area contributed by atoms with E-state index in [1.54, 1.807) is 30.5 Å². The number of aromatic amines is 1. The van der Waals surface area contributed by atoms with Gasteiger partial charge in [0.05, 0.1) is 22.7 Å². The molecule has 0 saturated heterocycles. The van der Waals surface area contributed by atoms with Crippen molar-refractivity contribution in [3.8, 4) is 11.4 Å². The lowest BCUT2D eigenvalue weighted by atomic mass is 10.1. The van der Waals surface area contributed by atoms with Crippen LogP contribution in [0.1, 0.15) is 11.1 Å². The SMILES string of the molecule is O=c1c2ccccc2nc(-c2cccc(C(F)(F)F)c2)n1N=Cc1c[nH]c2ccc(Br)cc12. The van der Waals surface area contributed by atoms with Crippen LogP contribution in [0.2, 0.25) is 0 Å². The number of nitrogens with one attached hydrogen (secondary N) is 1. The Hall–Kier alpha value is -3.72. The number of para-hydroxylation sites is 1. The van der Waals surface area contributed by atoms with Crippen LogP contribution >= 0.6 is 15.9 Å². The summed E-state index contributed by atoms with van der Waals surface area (Å²) in [7, 11) is 0. The molecule has 2 heterocycles. The quantitative estimate of drug-likeness (QED) is 0.293. The maximum atomic E-state index is 13.3. The number of fused-ring (bicyclic) bond motifs is 2. The average Bonchev–Trinajstić information content (AvgIpc) is 3.20. The zero-order chi connectivity index (χ0) is 23.2. The number of rotatable bonds is 3. The van der Waals surface area contributed by atoms with Gasteiger partial charge in [-0.1, -0.05) is 40.2 Å². The van der Waals surface area contributed by atoms with Gasteiger partial charge in [-0.15, -0.1) is 0 Å². The molecule has 0 fully saturated rings. The number of alkyl halides is 3. The van der Waals surface area contributed by atoms with E-state index >= 15 is 0 Å². The molecule has 9 heteroatoms. The van der Waals surface area contributed by atoms with Gasteiger partial charge >= 0.3 is 6.18 Å². The van der Waals surface area contributed by atoms with Crippen LogP contribution in [-0.4, -0.2) is 20.9 Å². The van der Waals surface area contributed by atoms with E-state index in [9.17, 15) is 18.0 Å². The Bertz CT molecular complexity index is 1600. The second-order valence-electron chi connectivity index (χ2n) is 7.33. The number of halogens is 4. The third kappa shape index (κ3) is 3.95. The zero-order valence-corrected chi connectivity index (χ0v) is 18.4. The Morgan fingerprint density at radius 2 is 1.82 bits per heavy atom. The van der Waals surface area contributed by atoms with Crippen LogP contribution in [0.25, 0.3) is 33.2 Å². The third-order valence-electron chi connectivity index (χ3n) is 5.19. The molecule has 5 aromatic rings. The van der Waals surface area contributed by atoms with E-state index in [4.69, 9.17) is 0 Å². The van der Waals surface area contributed by atoms with Crippen molar-refractivity contribution in [1.82, 2.24) is 14.6 Å². The first-order chi connectivity index (χ1) is 15.8. The molecular formula is C24H14BrF3N4O. The monoisotopic (exact) mass is 510 g/mol. The zero-order valence-electron chi connectivity index (χ0n) is 16.8. The molecule has 0 atom stereocenters. The molecule has 33 heavy (non-hydrogen) atoms. The van der Waals surface area contributed by atoms with E-state index in [1.165, 1.54) is 18.3 Å². The summed E-state index contributed by atoms with van der Waals surface area (Å²) in [5.41, 5.74) is 0.775. The first-order valence-electron chi connectivity index (χ1n) is 9.82. The maximum absolute atomic E-state index is 13.3. The van der Waals surface area contributed by atoms with Crippen LogP contribution in [0.15, 0.2) is 87.3 Å². The van der Waals surface area contributed by atoms with E-state index < -0.39 is 17.3 Å². The van der Waals surface area contributed by atoms with Gasteiger partial charge in [-0.25, -0.2) is 4.98 Å². The summed E-state index contributed by atoms with van der Waals surface area (Å²) in [6, 6.07) is 17.0. The Labute approximate surface area is 193 Å². The molecule has 0 bridgehead atoms. The summed E-state index contributed by atoms with van der Waals surface area (Å²) in [5.74, 6) is 0.0158. The molecule has 5 rings (SSSR count). The molecule has 164 valence electrons. The summed E-state index contributed by atoms with van der Waals surface area (Å²) in [6.07, 6.45) is -1.30. The van der Waals surface area contributed by atoms with Crippen molar-refractivity contribution in [3.63, 3.8) is 0 Å². The number of hydrogen-bond acceptors (Lipinski definition) is 3. The lowest BCUT2D eigenvalue weighted by molar-refractivity contribution is -0.137. The summed E-state index contributed by atoms with van der Waals surface area (Å²) in [4.78, 5) is 20.9. The second-order valence-corrected chi connectivity index (χ2v) is 8.24. The van der Waals surface area contributed by atoms with Crippen molar-refractivity contribution >= 4 is 44.0 Å². The molecule has 0 spiro atoms. The molecule has 0 aliphatic rings. The van der Waals surface area contributed by atoms with E-state index in [-0.39, 0.29) is 11.4 Å². The van der Waals surface area contributed by atoms with Gasteiger partial charge in [-0.05, 0) is 42.5 Å². The lowest BCUT2D eigenvalue weighted by Gasteiger charge is -2.12. The standard InChI is InChI=1S/C24H14BrF3N4O/c25-17-8-9-20-19(11-17)15(12-29-20)13-30-32-22(14-4-3-5-16(10-14)24(26,27)28)31-21-7-2-1-6-18(21)23(32)33/h1-13,29H. The number of aromatic nitrogens is 3. The largest absolute Gasteiger partial charge is 0.416 e. The molecule has 0 saturated carbocycles. The highest BCUT2D eigenvalue weighted by atomic mass is 79.9. The number of hydrogen-bond donors (Lipinski definition) is 1. The molecule has 5 nitrogen and oxygen atoms in total. The molecule has 2 aromatic heterocycles. The topological polar surface area (TPSA) is 63.0 Å². The molecule has 3 aromatic carbocycles. The van der Waals surface area contributed by atoms with Crippen molar-refractivity contribution < 1.29 is 13.2 Å². The van der Waals surface area contributed by atoms with Gasteiger partial charge in [-0.2, -0.15) is 22.9 Å². The minimum absolute atomic E-state index is 0.0158. The van der Waals surface area contributed by atoms with Crippen LogP contribution in [0.4, 0.5) is 13.2 Å². The van der Waals surface area contributed by atoms with Crippen LogP contribution in [-0.2, 0) is 6.18 Å². The Balaban J connectivity index is 1.72. The molecule has 0 radical (unpaired) electrons. The lowest BCUT2D eigenvalue weighted by Crippen LogP contribution is -2.20. The molecule has 0 aliphatic carbocycles. The van der Waals surface area contributed by atoms with Crippen LogP contribution in [0.5, 0.6) is 0 Å². The minimum Gasteiger partial charge on any atom is -0.361 e. The van der Waals surface area contributed by atoms with Gasteiger partial charge < -0.3 is 4.98 Å². The summed E-state index contributed by atoms with van der Waals surface area (Å²) in [5, 5.41) is 5.53. The second kappa shape index (κ2) is 8.00. The van der Waals surface area contributed by atoms with Gasteiger partial charge in [0.25, 0.3) is 5.56 Å². The third-order valence-corrected chi connectivity index (χ3v) is 5.68. The van der Waals surface area contributed by atoms with Gasteiger partial charge in [0.15, 0.2) is 5.82 Å². The fourth-order valence-corrected chi connectivity index (χ4v) is 3.95. The highest BCUT2D eigenvalue weighted by Crippen LogP contribution is 2.32. The fraction of sp³-hybridized carbons (Fsp3) is 0.0417. The predicted molar refractivity (Wildman–Crippen MR) is 125 cm³/mol. The Morgan fingerprint density at radius 1 is 1.00 bits per heavy atom. The van der Waals surface area contributed by atoms with E-state index in [0.717, 1.165) is 32.2 Å². The summed E-state index contributed by atoms with van der Waals surface area (Å²) in [6.45, 7) is 0. The van der Waals surface area contributed by atoms with Gasteiger partial charge in [0.1, 0.15) is 0 Å². The smallest absolute Gasteiger partial charge is 0.361 e. The van der Waals surface area contributed by atoms with E-state index in [0.29, 0.717) is 16.5 Å². The average molecular weight is 511 g/mol. The number of benzene rings is 3. The van der Waals surface area contributed by atoms with Crippen molar-refractivity contribution in [2.24, 2.45) is 5.10 Å². The minimum atomic E-state index is -4.53. The number of nitrogens with zero attached hydrogens (tertiary/aromatic N) is 3. The van der Waals surface area contributed by atoms with Crippen LogP contribution in [0.3, 0.4) is 0 Å². The maximum Gasteiger partial charge on any atom is 0.416 e. The van der Waals surface area contributed by atoms with E-state index in [1.807, 2.05) is 18.2 Å². The highest BCUT2D eigenvalue weighted by molar-refractivity contribution is 9.10. The molecular weight excluding hydrogens is 497 g/mol. The molecule has 0 aliphatic heterocycles. The highest BCUT2D eigenvalue weighted by Gasteiger charge is 2.31. The number of H-pyrrole nitrogens is 1. The fourth-order valence-electron chi connectivity index (χ4n) is 3.59. The van der Waals surface area contributed by atoms with Gasteiger partial charge in [-0.3, -0.25) is 4.79 Å². The Kier molecular flexibility index (Phi) is 5.13. The first kappa shape index (κ1) is 21.1. The van der Waals surface area contributed by atoms with Crippen molar-refractivity contribution in [3.05, 3.63) is 98.9 Å². The molecule has 0 amide bonds. The molecule has 1 N–H and O–H groups in total. The van der Waals surface area contributed by atoms with Crippen molar-refractivity contribution in [2.75, 3.05) is 0 Å².